The number of benzene rings is 1. The molecule has 0 saturated heterocycles. The van der Waals surface area contributed by atoms with E-state index in [0.29, 0.717) is 16.5 Å². The van der Waals surface area contributed by atoms with Crippen LogP contribution in [-0.4, -0.2) is 18.5 Å². The summed E-state index contributed by atoms with van der Waals surface area (Å²) in [5, 5.41) is 12.5. The number of anilines is 1. The van der Waals surface area contributed by atoms with Gasteiger partial charge in [-0.2, -0.15) is 5.26 Å². The van der Waals surface area contributed by atoms with Crippen LogP contribution in [0, 0.1) is 23.1 Å². The van der Waals surface area contributed by atoms with E-state index in [1.807, 2.05) is 0 Å². The number of fused-ring (bicyclic) bond motifs is 1. The summed E-state index contributed by atoms with van der Waals surface area (Å²) in [6, 6.07) is 7.57. The highest BCUT2D eigenvalue weighted by atomic mass is 32.1. The van der Waals surface area contributed by atoms with E-state index in [4.69, 9.17) is 4.74 Å². The molecule has 1 aliphatic rings. The molecule has 0 radical (unpaired) electrons. The fourth-order valence-corrected chi connectivity index (χ4v) is 4.33. The van der Waals surface area contributed by atoms with Crippen LogP contribution in [0.5, 0.6) is 0 Å². The van der Waals surface area contributed by atoms with Gasteiger partial charge in [-0.3, -0.25) is 4.79 Å². The number of esters is 1. The van der Waals surface area contributed by atoms with E-state index >= 15 is 0 Å². The van der Waals surface area contributed by atoms with Crippen molar-refractivity contribution in [2.45, 2.75) is 26.2 Å². The number of carbonyl (C=O) groups is 2. The summed E-state index contributed by atoms with van der Waals surface area (Å²) < 4.78 is 18.4. The first-order valence-electron chi connectivity index (χ1n) is 8.25. The molecule has 1 amide bonds. The molecule has 2 aromatic rings. The Labute approximate surface area is 154 Å². The highest BCUT2D eigenvalue weighted by Gasteiger charge is 2.25. The van der Waals surface area contributed by atoms with Crippen LogP contribution >= 0.6 is 11.3 Å². The van der Waals surface area contributed by atoms with Gasteiger partial charge in [-0.25, -0.2) is 9.18 Å². The van der Waals surface area contributed by atoms with Crippen molar-refractivity contribution in [3.8, 4) is 6.07 Å². The van der Waals surface area contributed by atoms with E-state index in [9.17, 15) is 19.2 Å². The number of hydrogen-bond donors (Lipinski definition) is 1. The number of nitriles is 1. The smallest absolute Gasteiger partial charge is 0.341 e. The minimum absolute atomic E-state index is 0.224. The number of nitrogens with one attached hydrogen (secondary N) is 1. The lowest BCUT2D eigenvalue weighted by Gasteiger charge is -2.17. The van der Waals surface area contributed by atoms with Crippen molar-refractivity contribution < 1.29 is 18.7 Å². The molecule has 0 unspecified atom stereocenters. The molecule has 0 spiro atoms. The molecule has 134 valence electrons. The van der Waals surface area contributed by atoms with Gasteiger partial charge in [0.1, 0.15) is 16.9 Å². The molecule has 1 heterocycles. The predicted molar refractivity (Wildman–Crippen MR) is 95.5 cm³/mol. The maximum absolute atomic E-state index is 13.5. The van der Waals surface area contributed by atoms with Crippen molar-refractivity contribution in [1.82, 2.24) is 0 Å². The Balaban J connectivity index is 1.65. The van der Waals surface area contributed by atoms with Crippen LogP contribution in [0.15, 0.2) is 24.3 Å². The molecule has 3 rings (SSSR count). The molecule has 5 nitrogen and oxygen atoms in total. The molecule has 26 heavy (non-hydrogen) atoms. The molecular weight excluding hydrogens is 355 g/mol. The molecule has 0 aliphatic heterocycles. The molecule has 1 N–H and O–H groups in total. The Bertz CT molecular complexity index is 901. The summed E-state index contributed by atoms with van der Waals surface area (Å²) in [4.78, 5) is 25.1. The first-order valence-corrected chi connectivity index (χ1v) is 9.07. The molecule has 1 aromatic heterocycles. The number of hydrogen-bond acceptors (Lipinski definition) is 5. The van der Waals surface area contributed by atoms with Crippen molar-refractivity contribution >= 4 is 28.2 Å². The van der Waals surface area contributed by atoms with Crippen LogP contribution in [0.3, 0.4) is 0 Å². The number of ether oxygens (including phenoxy) is 1. The monoisotopic (exact) mass is 372 g/mol. The van der Waals surface area contributed by atoms with E-state index in [1.54, 1.807) is 0 Å². The fourth-order valence-electron chi connectivity index (χ4n) is 2.96. The molecular formula is C19H17FN2O3S. The van der Waals surface area contributed by atoms with Crippen LogP contribution in [-0.2, 0) is 22.4 Å². The number of amides is 1. The second-order valence-corrected chi connectivity index (χ2v) is 7.38. The van der Waals surface area contributed by atoms with Crippen molar-refractivity contribution in [2.75, 3.05) is 11.9 Å². The van der Waals surface area contributed by atoms with Gasteiger partial charge >= 0.3 is 5.97 Å². The molecule has 0 saturated carbocycles. The maximum atomic E-state index is 13.5. The number of carbonyl (C=O) groups excluding carboxylic acids is 2. The molecule has 1 aliphatic carbocycles. The van der Waals surface area contributed by atoms with Crippen molar-refractivity contribution in [3.05, 3.63) is 51.7 Å². The standard InChI is InChI=1S/C19H17FN2O3S/c1-11-6-7-12-14(9-21)18(26-16(12)8-11)22-17(23)10-25-19(24)13-4-2-3-5-15(13)20/h2-5,11H,6-8,10H2,1H3,(H,22,23)/t11-/m1/s1. The van der Waals surface area contributed by atoms with Gasteiger partial charge in [-0.15, -0.1) is 11.3 Å². The lowest BCUT2D eigenvalue weighted by molar-refractivity contribution is -0.119. The second kappa shape index (κ2) is 7.67. The number of thiophene rings is 1. The third-order valence-electron chi connectivity index (χ3n) is 4.30. The average molecular weight is 372 g/mol. The minimum Gasteiger partial charge on any atom is -0.452 e. The van der Waals surface area contributed by atoms with Gasteiger partial charge in [0.05, 0.1) is 11.1 Å². The zero-order valence-corrected chi connectivity index (χ0v) is 15.0. The van der Waals surface area contributed by atoms with Gasteiger partial charge in [-0.1, -0.05) is 19.1 Å². The molecule has 0 bridgehead atoms. The van der Waals surface area contributed by atoms with E-state index in [1.165, 1.54) is 29.5 Å². The van der Waals surface area contributed by atoms with Crippen LogP contribution < -0.4 is 5.32 Å². The normalized spacial score (nSPS) is 15.7. The second-order valence-electron chi connectivity index (χ2n) is 6.27. The Hall–Kier alpha value is -2.72. The molecule has 1 aromatic carbocycles. The average Bonchev–Trinajstić information content (AvgIpc) is 2.95. The summed E-state index contributed by atoms with van der Waals surface area (Å²) in [6.45, 7) is 1.62. The highest BCUT2D eigenvalue weighted by molar-refractivity contribution is 7.16. The van der Waals surface area contributed by atoms with Crippen LogP contribution in [0.25, 0.3) is 0 Å². The van der Waals surface area contributed by atoms with Gasteiger partial charge in [0, 0.05) is 4.88 Å². The van der Waals surface area contributed by atoms with Gasteiger partial charge in [-0.05, 0) is 42.9 Å². The van der Waals surface area contributed by atoms with Crippen LogP contribution in [0.2, 0.25) is 0 Å². The summed E-state index contributed by atoms with van der Waals surface area (Å²) in [6.07, 6.45) is 2.74. The summed E-state index contributed by atoms with van der Waals surface area (Å²) >= 11 is 1.40. The van der Waals surface area contributed by atoms with Gasteiger partial charge in [0.2, 0.25) is 0 Å². The zero-order valence-electron chi connectivity index (χ0n) is 14.2. The SMILES string of the molecule is C[C@@H]1CCc2c(sc(NC(=O)COC(=O)c3ccccc3F)c2C#N)C1. The quantitative estimate of drug-likeness (QED) is 0.831. The first kappa shape index (κ1) is 18.1. The number of nitrogens with zero attached hydrogens (tertiary/aromatic N) is 1. The lowest BCUT2D eigenvalue weighted by atomic mass is 9.89. The highest BCUT2D eigenvalue weighted by Crippen LogP contribution is 2.39. The lowest BCUT2D eigenvalue weighted by Crippen LogP contribution is -2.21. The Morgan fingerprint density at radius 3 is 2.92 bits per heavy atom. The summed E-state index contributed by atoms with van der Waals surface area (Å²) in [5.74, 6) is -1.61. The van der Waals surface area contributed by atoms with Gasteiger partial charge in [0.25, 0.3) is 5.91 Å². The van der Waals surface area contributed by atoms with Gasteiger partial charge < -0.3 is 10.1 Å². The fraction of sp³-hybridized carbons (Fsp3) is 0.316. The Kier molecular flexibility index (Phi) is 5.33. The van der Waals surface area contributed by atoms with Crippen molar-refractivity contribution in [1.29, 1.82) is 5.26 Å². The van der Waals surface area contributed by atoms with Crippen molar-refractivity contribution in [3.63, 3.8) is 0 Å². The molecule has 7 heteroatoms. The van der Waals surface area contributed by atoms with Crippen LogP contribution in [0.1, 0.15) is 39.7 Å². The predicted octanol–water partition coefficient (Wildman–Crippen LogP) is 3.68. The van der Waals surface area contributed by atoms with E-state index < -0.39 is 24.3 Å². The third-order valence-corrected chi connectivity index (χ3v) is 5.47. The Morgan fingerprint density at radius 2 is 2.19 bits per heavy atom. The third kappa shape index (κ3) is 3.75. The molecule has 0 fully saturated rings. The topological polar surface area (TPSA) is 79.2 Å². The summed E-state index contributed by atoms with van der Waals surface area (Å²) in [7, 11) is 0. The zero-order chi connectivity index (χ0) is 18.7. The number of rotatable bonds is 4. The van der Waals surface area contributed by atoms with Crippen LogP contribution in [0.4, 0.5) is 9.39 Å². The first-order chi connectivity index (χ1) is 12.5. The maximum Gasteiger partial charge on any atom is 0.341 e. The van der Waals surface area contributed by atoms with E-state index in [2.05, 4.69) is 18.3 Å². The summed E-state index contributed by atoms with van der Waals surface area (Å²) in [5.41, 5.74) is 1.28. The van der Waals surface area contributed by atoms with E-state index in [0.717, 1.165) is 35.8 Å². The number of halogens is 1. The van der Waals surface area contributed by atoms with Gasteiger partial charge in [0.15, 0.2) is 6.61 Å². The van der Waals surface area contributed by atoms with E-state index in [-0.39, 0.29) is 5.56 Å². The Morgan fingerprint density at radius 1 is 1.42 bits per heavy atom. The minimum atomic E-state index is -0.905. The largest absolute Gasteiger partial charge is 0.452 e. The molecule has 1 atom stereocenters. The van der Waals surface area contributed by atoms with Crippen molar-refractivity contribution in [2.24, 2.45) is 5.92 Å².